The minimum Gasteiger partial charge on any atom is -0.463 e. The Labute approximate surface area is 71.1 Å². The Balaban J connectivity index is 2.95. The second kappa shape index (κ2) is 7.88. The smallest absolute Gasteiger partial charge is 0.331 e. The summed E-state index contributed by atoms with van der Waals surface area (Å²) in [7, 11) is 0. The van der Waals surface area contributed by atoms with Gasteiger partial charge in [0.15, 0.2) is 0 Å². The number of hydrogen-bond acceptors (Lipinski definition) is 4. The van der Waals surface area contributed by atoms with E-state index in [-0.39, 0.29) is 0 Å². The number of ether oxygens (including phenoxy) is 1. The van der Waals surface area contributed by atoms with E-state index in [1.54, 1.807) is 11.8 Å². The molecule has 0 aromatic heterocycles. The van der Waals surface area contributed by atoms with Crippen LogP contribution in [0.1, 0.15) is 13.3 Å². The molecule has 0 spiro atoms. The van der Waals surface area contributed by atoms with Crippen LogP contribution in [-0.4, -0.2) is 35.8 Å². The Morgan fingerprint density at radius 2 is 2.27 bits per heavy atom. The van der Waals surface area contributed by atoms with Crippen LogP contribution in [-0.2, 0) is 9.53 Å². The molecule has 0 heterocycles. The van der Waals surface area contributed by atoms with Crippen molar-refractivity contribution >= 4 is 17.7 Å². The summed E-state index contributed by atoms with van der Waals surface area (Å²) in [6.07, 6.45) is 1.14. The molecule has 1 N–H and O–H groups in total. The van der Waals surface area contributed by atoms with Crippen molar-refractivity contribution in [3.63, 3.8) is 0 Å². The lowest BCUT2D eigenvalue weighted by molar-refractivity contribution is -0.146. The van der Waals surface area contributed by atoms with Crippen molar-refractivity contribution in [1.82, 2.24) is 0 Å². The number of hydrogen-bond donors (Lipinski definition) is 1. The topological polar surface area (TPSA) is 46.5 Å². The van der Waals surface area contributed by atoms with Gasteiger partial charge in [-0.05, 0) is 12.2 Å². The first-order valence-electron chi connectivity index (χ1n) is 3.65. The van der Waals surface area contributed by atoms with Gasteiger partial charge in [0.1, 0.15) is 13.2 Å². The quantitative estimate of drug-likeness (QED) is 0.479. The predicted molar refractivity (Wildman–Crippen MR) is 45.7 cm³/mol. The maximum atomic E-state index is 10.4. The summed E-state index contributed by atoms with van der Waals surface area (Å²) in [6, 6.07) is 0. The zero-order valence-electron chi connectivity index (χ0n) is 6.71. The van der Waals surface area contributed by atoms with Gasteiger partial charge in [0.25, 0.3) is 0 Å². The molecule has 66 valence electrons. The third-order valence-electron chi connectivity index (χ3n) is 0.968. The molecule has 0 aliphatic heterocycles. The van der Waals surface area contributed by atoms with Gasteiger partial charge in [-0.25, -0.2) is 4.79 Å². The number of rotatable bonds is 6. The first-order chi connectivity index (χ1) is 5.31. The third-order valence-corrected chi connectivity index (χ3v) is 2.12. The summed E-state index contributed by atoms with van der Waals surface area (Å²) >= 11 is 1.75. The zero-order chi connectivity index (χ0) is 8.53. The van der Waals surface area contributed by atoms with E-state index in [0.29, 0.717) is 6.61 Å². The fourth-order valence-corrected chi connectivity index (χ4v) is 1.20. The van der Waals surface area contributed by atoms with Crippen molar-refractivity contribution in [1.29, 1.82) is 0 Å². The minimum absolute atomic E-state index is 0.407. The van der Waals surface area contributed by atoms with Crippen LogP contribution >= 0.6 is 11.8 Å². The molecule has 4 heteroatoms. The highest BCUT2D eigenvalue weighted by molar-refractivity contribution is 7.99. The first kappa shape index (κ1) is 10.8. The molecule has 0 aliphatic rings. The summed E-state index contributed by atoms with van der Waals surface area (Å²) in [4.78, 5) is 10.4. The SMILES string of the molecule is CCCSCCOC(=O)CO. The maximum absolute atomic E-state index is 10.4. The molecule has 0 aromatic rings. The Bertz CT molecular complexity index is 106. The summed E-state index contributed by atoms with van der Waals surface area (Å²) < 4.78 is 4.63. The number of aliphatic hydroxyl groups excluding tert-OH is 1. The summed E-state index contributed by atoms with van der Waals surface area (Å²) in [5.41, 5.74) is 0. The van der Waals surface area contributed by atoms with E-state index in [1.807, 2.05) is 0 Å². The summed E-state index contributed by atoms with van der Waals surface area (Å²) in [5.74, 6) is 1.37. The molecule has 0 saturated heterocycles. The number of thioether (sulfide) groups is 1. The van der Waals surface area contributed by atoms with Crippen LogP contribution < -0.4 is 0 Å². The van der Waals surface area contributed by atoms with Crippen LogP contribution in [0.5, 0.6) is 0 Å². The third kappa shape index (κ3) is 7.68. The molecule has 0 fully saturated rings. The number of carbonyl (C=O) groups excluding carboxylic acids is 1. The van der Waals surface area contributed by atoms with Crippen LogP contribution in [0.3, 0.4) is 0 Å². The lowest BCUT2D eigenvalue weighted by Gasteiger charge is -2.01. The van der Waals surface area contributed by atoms with Crippen molar-refractivity contribution in [2.24, 2.45) is 0 Å². The lowest BCUT2D eigenvalue weighted by atomic mass is 10.6. The van der Waals surface area contributed by atoms with E-state index in [2.05, 4.69) is 11.7 Å². The van der Waals surface area contributed by atoms with Crippen LogP contribution in [0.2, 0.25) is 0 Å². The standard InChI is InChI=1S/C7H14O3S/c1-2-4-11-5-3-10-7(9)6-8/h8H,2-6H2,1H3. The van der Waals surface area contributed by atoms with Crippen LogP contribution in [0.25, 0.3) is 0 Å². The van der Waals surface area contributed by atoms with Gasteiger partial charge in [-0.15, -0.1) is 0 Å². The highest BCUT2D eigenvalue weighted by Gasteiger charge is 1.97. The van der Waals surface area contributed by atoms with Gasteiger partial charge >= 0.3 is 5.97 Å². The summed E-state index contributed by atoms with van der Waals surface area (Å²) in [6.45, 7) is 2.00. The highest BCUT2D eigenvalue weighted by Crippen LogP contribution is 2.00. The van der Waals surface area contributed by atoms with E-state index < -0.39 is 12.6 Å². The first-order valence-corrected chi connectivity index (χ1v) is 4.81. The van der Waals surface area contributed by atoms with Crippen molar-refractivity contribution in [3.8, 4) is 0 Å². The molecule has 0 bridgehead atoms. The van der Waals surface area contributed by atoms with Crippen molar-refractivity contribution in [3.05, 3.63) is 0 Å². The van der Waals surface area contributed by atoms with Crippen molar-refractivity contribution < 1.29 is 14.6 Å². The van der Waals surface area contributed by atoms with Crippen LogP contribution in [0.15, 0.2) is 0 Å². The average Bonchev–Trinajstić information content (AvgIpc) is 2.04. The molecule has 0 amide bonds. The van der Waals surface area contributed by atoms with Gasteiger partial charge in [0.05, 0.1) is 0 Å². The second-order valence-corrected chi connectivity index (χ2v) is 3.22. The Morgan fingerprint density at radius 3 is 2.82 bits per heavy atom. The van der Waals surface area contributed by atoms with Crippen LogP contribution in [0, 0.1) is 0 Å². The lowest BCUT2D eigenvalue weighted by Crippen LogP contribution is -2.11. The van der Waals surface area contributed by atoms with Gasteiger partial charge in [-0.3, -0.25) is 0 Å². The minimum atomic E-state index is -0.540. The van der Waals surface area contributed by atoms with E-state index >= 15 is 0 Å². The molecule has 0 aliphatic carbocycles. The second-order valence-electron chi connectivity index (χ2n) is 1.99. The fourth-order valence-electron chi connectivity index (χ4n) is 0.506. The van der Waals surface area contributed by atoms with Gasteiger partial charge in [-0.2, -0.15) is 11.8 Å². The van der Waals surface area contributed by atoms with Gasteiger partial charge in [-0.1, -0.05) is 6.92 Å². The molecule has 0 saturated carbocycles. The molecule has 3 nitrogen and oxygen atoms in total. The molecular formula is C7H14O3S. The molecule has 0 radical (unpaired) electrons. The van der Waals surface area contributed by atoms with Crippen molar-refractivity contribution in [2.45, 2.75) is 13.3 Å². The Morgan fingerprint density at radius 1 is 1.55 bits per heavy atom. The van der Waals surface area contributed by atoms with E-state index in [4.69, 9.17) is 5.11 Å². The highest BCUT2D eigenvalue weighted by atomic mass is 32.2. The van der Waals surface area contributed by atoms with Crippen LogP contribution in [0.4, 0.5) is 0 Å². The number of aliphatic hydroxyl groups is 1. The Hall–Kier alpha value is -0.220. The predicted octanol–water partition coefficient (Wildman–Crippen LogP) is 0.665. The van der Waals surface area contributed by atoms with Gasteiger partial charge in [0.2, 0.25) is 0 Å². The molecule has 11 heavy (non-hydrogen) atoms. The van der Waals surface area contributed by atoms with Crippen molar-refractivity contribution in [2.75, 3.05) is 24.7 Å². The van der Waals surface area contributed by atoms with E-state index in [1.165, 1.54) is 0 Å². The number of esters is 1. The Kier molecular flexibility index (Phi) is 7.72. The van der Waals surface area contributed by atoms with E-state index in [9.17, 15) is 4.79 Å². The van der Waals surface area contributed by atoms with Gasteiger partial charge < -0.3 is 9.84 Å². The molecule has 0 rings (SSSR count). The summed E-state index contributed by atoms with van der Waals surface area (Å²) in [5, 5.41) is 8.26. The molecule has 0 unspecified atom stereocenters. The van der Waals surface area contributed by atoms with E-state index in [0.717, 1.165) is 17.9 Å². The molecular weight excluding hydrogens is 164 g/mol. The zero-order valence-corrected chi connectivity index (χ0v) is 7.52. The largest absolute Gasteiger partial charge is 0.463 e. The molecule has 0 atom stereocenters. The monoisotopic (exact) mass is 178 g/mol. The maximum Gasteiger partial charge on any atom is 0.331 e. The normalized spacial score (nSPS) is 9.64. The number of carbonyl (C=O) groups is 1. The molecule has 0 aromatic carbocycles. The fraction of sp³-hybridized carbons (Fsp3) is 0.857. The average molecular weight is 178 g/mol. The van der Waals surface area contributed by atoms with Gasteiger partial charge in [0, 0.05) is 5.75 Å².